The quantitative estimate of drug-likeness (QED) is 0.349. The van der Waals surface area contributed by atoms with E-state index in [1.54, 1.807) is 17.0 Å². The Bertz CT molecular complexity index is 1600. The molecule has 0 aliphatic carbocycles. The van der Waals surface area contributed by atoms with Crippen molar-refractivity contribution in [1.29, 1.82) is 0 Å². The zero-order chi connectivity index (χ0) is 26.3. The summed E-state index contributed by atoms with van der Waals surface area (Å²) in [5.41, 5.74) is 0.675. The number of likely N-dealkylation sites (tertiary alicyclic amines) is 1. The van der Waals surface area contributed by atoms with E-state index in [1.807, 2.05) is 0 Å². The molecular weight excluding hydrogens is 528 g/mol. The monoisotopic (exact) mass is 547 g/mol. The molecule has 9 nitrogen and oxygen atoms in total. The standard InChI is InChI=1S/C24H20ClF2N5O4S/c25-16-3-6-19(27)20(11-16)30-22-18(12-28-23-21(37(34,35)36)13-29-32(22)23)24(33)31-9-7-15(8-10-31)14-1-4-17(26)5-2-14/h1-6,11-13,15,30H,7-10H2,(H,34,35,36). The first-order valence-corrected chi connectivity index (χ1v) is 13.0. The van der Waals surface area contributed by atoms with E-state index < -0.39 is 26.7 Å². The van der Waals surface area contributed by atoms with Crippen molar-refractivity contribution in [2.45, 2.75) is 23.7 Å². The molecule has 1 aliphatic heterocycles. The lowest BCUT2D eigenvalue weighted by Crippen LogP contribution is -2.38. The van der Waals surface area contributed by atoms with E-state index >= 15 is 0 Å². The summed E-state index contributed by atoms with van der Waals surface area (Å²) < 4.78 is 61.9. The molecule has 0 atom stereocenters. The number of amides is 1. The van der Waals surface area contributed by atoms with Crippen LogP contribution in [0.4, 0.5) is 20.3 Å². The summed E-state index contributed by atoms with van der Waals surface area (Å²) in [6.45, 7) is 0.804. The molecule has 2 N–H and O–H groups in total. The summed E-state index contributed by atoms with van der Waals surface area (Å²) in [6.07, 6.45) is 3.34. The highest BCUT2D eigenvalue weighted by Gasteiger charge is 2.29. The molecule has 37 heavy (non-hydrogen) atoms. The number of piperidine rings is 1. The predicted octanol–water partition coefficient (Wildman–Crippen LogP) is 4.67. The van der Waals surface area contributed by atoms with E-state index in [0.717, 1.165) is 28.5 Å². The van der Waals surface area contributed by atoms with Gasteiger partial charge in [-0.2, -0.15) is 18.0 Å². The van der Waals surface area contributed by atoms with Gasteiger partial charge >= 0.3 is 0 Å². The van der Waals surface area contributed by atoms with Crippen LogP contribution in [-0.4, -0.2) is 51.5 Å². The number of hydrogen-bond donors (Lipinski definition) is 2. The summed E-state index contributed by atoms with van der Waals surface area (Å²) in [6, 6.07) is 10.1. The van der Waals surface area contributed by atoms with Crippen LogP contribution < -0.4 is 5.32 Å². The number of carbonyl (C=O) groups excluding carboxylic acids is 1. The second kappa shape index (κ2) is 9.69. The molecule has 1 aliphatic rings. The van der Waals surface area contributed by atoms with Crippen LogP contribution in [0.5, 0.6) is 0 Å². The van der Waals surface area contributed by atoms with E-state index in [1.165, 1.54) is 24.3 Å². The van der Waals surface area contributed by atoms with Crippen molar-refractivity contribution < 1.29 is 26.5 Å². The zero-order valence-corrected chi connectivity index (χ0v) is 20.7. The first-order valence-electron chi connectivity index (χ1n) is 11.2. The van der Waals surface area contributed by atoms with Gasteiger partial charge in [-0.25, -0.2) is 13.8 Å². The van der Waals surface area contributed by atoms with Crippen molar-refractivity contribution in [3.63, 3.8) is 0 Å². The molecule has 0 unspecified atom stereocenters. The minimum absolute atomic E-state index is 0.0112. The summed E-state index contributed by atoms with van der Waals surface area (Å²) in [5, 5.41) is 6.99. The molecule has 1 saturated heterocycles. The Morgan fingerprint density at radius 2 is 1.78 bits per heavy atom. The Morgan fingerprint density at radius 1 is 1.08 bits per heavy atom. The minimum atomic E-state index is -4.67. The molecule has 0 bridgehead atoms. The van der Waals surface area contributed by atoms with Gasteiger partial charge in [0.1, 0.15) is 23.0 Å². The van der Waals surface area contributed by atoms with E-state index in [4.69, 9.17) is 11.6 Å². The van der Waals surface area contributed by atoms with Crippen LogP contribution in [0.1, 0.15) is 34.7 Å². The van der Waals surface area contributed by atoms with Gasteiger partial charge in [0, 0.05) is 24.3 Å². The lowest BCUT2D eigenvalue weighted by Gasteiger charge is -2.32. The number of benzene rings is 2. The maximum atomic E-state index is 14.5. The smallest absolute Gasteiger partial charge is 0.299 e. The van der Waals surface area contributed by atoms with Gasteiger partial charge < -0.3 is 10.2 Å². The SMILES string of the molecule is O=C(c1cnc2c(S(=O)(=O)O)cnn2c1Nc1cc(Cl)ccc1F)N1CCC(c2ccc(F)cc2)CC1. The fourth-order valence-electron chi connectivity index (χ4n) is 4.41. The van der Waals surface area contributed by atoms with Gasteiger partial charge in [0.15, 0.2) is 10.5 Å². The first-order chi connectivity index (χ1) is 17.6. The molecular formula is C24H20ClF2N5O4S. The van der Waals surface area contributed by atoms with Crippen LogP contribution in [0.25, 0.3) is 5.65 Å². The molecule has 1 fully saturated rings. The molecule has 13 heteroatoms. The van der Waals surface area contributed by atoms with Crippen LogP contribution in [0.2, 0.25) is 5.02 Å². The van der Waals surface area contributed by atoms with Crippen LogP contribution >= 0.6 is 11.6 Å². The third-order valence-electron chi connectivity index (χ3n) is 6.31. The molecule has 4 aromatic rings. The number of halogens is 3. The molecule has 0 spiro atoms. The van der Waals surface area contributed by atoms with E-state index in [9.17, 15) is 26.5 Å². The highest BCUT2D eigenvalue weighted by molar-refractivity contribution is 7.86. The summed E-state index contributed by atoms with van der Waals surface area (Å²) >= 11 is 6.01. The van der Waals surface area contributed by atoms with Crippen LogP contribution in [0.15, 0.2) is 59.8 Å². The molecule has 5 rings (SSSR count). The van der Waals surface area contributed by atoms with Crippen molar-refractivity contribution in [3.05, 3.63) is 82.6 Å². The Morgan fingerprint density at radius 3 is 2.46 bits per heavy atom. The van der Waals surface area contributed by atoms with Gasteiger partial charge in [-0.05, 0) is 54.7 Å². The van der Waals surface area contributed by atoms with Crippen LogP contribution in [0, 0.1) is 11.6 Å². The van der Waals surface area contributed by atoms with Gasteiger partial charge in [0.2, 0.25) is 0 Å². The lowest BCUT2D eigenvalue weighted by molar-refractivity contribution is 0.0713. The number of fused-ring (bicyclic) bond motifs is 1. The number of aromatic nitrogens is 3. The highest BCUT2D eigenvalue weighted by Crippen LogP contribution is 2.32. The molecule has 2 aromatic carbocycles. The second-order valence-electron chi connectivity index (χ2n) is 8.61. The van der Waals surface area contributed by atoms with Crippen molar-refractivity contribution in [2.75, 3.05) is 18.4 Å². The van der Waals surface area contributed by atoms with Gasteiger partial charge in [-0.3, -0.25) is 9.35 Å². The van der Waals surface area contributed by atoms with Crippen molar-refractivity contribution >= 4 is 44.8 Å². The maximum Gasteiger partial charge on any atom is 0.299 e. The number of rotatable bonds is 5. The van der Waals surface area contributed by atoms with Crippen LogP contribution in [-0.2, 0) is 10.1 Å². The zero-order valence-electron chi connectivity index (χ0n) is 19.1. The average Bonchev–Trinajstić information content (AvgIpc) is 3.32. The normalized spacial score (nSPS) is 14.8. The van der Waals surface area contributed by atoms with Gasteiger partial charge in [0.05, 0.1) is 11.9 Å². The fraction of sp³-hybridized carbons (Fsp3) is 0.208. The Hall–Kier alpha value is -3.61. The third kappa shape index (κ3) is 4.99. The molecule has 1 amide bonds. The molecule has 3 heterocycles. The van der Waals surface area contributed by atoms with Crippen LogP contribution in [0.3, 0.4) is 0 Å². The number of carbonyl (C=O) groups is 1. The second-order valence-corrected chi connectivity index (χ2v) is 10.4. The van der Waals surface area contributed by atoms with Gasteiger partial charge in [-0.1, -0.05) is 23.7 Å². The summed E-state index contributed by atoms with van der Waals surface area (Å²) in [5.74, 6) is -1.31. The Balaban J connectivity index is 1.50. The van der Waals surface area contributed by atoms with Crippen molar-refractivity contribution in [1.82, 2.24) is 19.5 Å². The molecule has 2 aromatic heterocycles. The van der Waals surface area contributed by atoms with Crippen molar-refractivity contribution in [2.24, 2.45) is 0 Å². The first kappa shape index (κ1) is 25.1. The largest absolute Gasteiger partial charge is 0.338 e. The maximum absolute atomic E-state index is 14.5. The van der Waals surface area contributed by atoms with Gasteiger partial charge in [0.25, 0.3) is 16.0 Å². The lowest BCUT2D eigenvalue weighted by atomic mass is 9.89. The Labute approximate surface area is 215 Å². The third-order valence-corrected chi connectivity index (χ3v) is 7.39. The highest BCUT2D eigenvalue weighted by atomic mass is 35.5. The summed E-state index contributed by atoms with van der Waals surface area (Å²) in [4.78, 5) is 18.7. The topological polar surface area (TPSA) is 117 Å². The molecule has 0 saturated carbocycles. The average molecular weight is 548 g/mol. The van der Waals surface area contributed by atoms with E-state index in [0.29, 0.717) is 25.9 Å². The van der Waals surface area contributed by atoms with E-state index in [2.05, 4.69) is 15.4 Å². The van der Waals surface area contributed by atoms with E-state index in [-0.39, 0.29) is 39.5 Å². The van der Waals surface area contributed by atoms with Gasteiger partial charge in [-0.15, -0.1) is 0 Å². The molecule has 0 radical (unpaired) electrons. The number of nitrogens with zero attached hydrogens (tertiary/aromatic N) is 4. The predicted molar refractivity (Wildman–Crippen MR) is 132 cm³/mol. The fourth-order valence-corrected chi connectivity index (χ4v) is 5.13. The number of hydrogen-bond acceptors (Lipinski definition) is 6. The minimum Gasteiger partial charge on any atom is -0.338 e. The number of nitrogens with one attached hydrogen (secondary N) is 1. The molecule has 192 valence electrons. The number of anilines is 2. The Kier molecular flexibility index (Phi) is 6.56. The van der Waals surface area contributed by atoms with Crippen molar-refractivity contribution in [3.8, 4) is 0 Å². The summed E-state index contributed by atoms with van der Waals surface area (Å²) in [7, 11) is -4.67.